The molecule has 1 aliphatic rings. The lowest BCUT2D eigenvalue weighted by atomic mass is 9.72. The van der Waals surface area contributed by atoms with Crippen LogP contribution < -0.4 is 5.32 Å². The van der Waals surface area contributed by atoms with E-state index in [2.05, 4.69) is 43.4 Å². The van der Waals surface area contributed by atoms with E-state index in [1.54, 1.807) is 0 Å². The Morgan fingerprint density at radius 1 is 1.41 bits per heavy atom. The summed E-state index contributed by atoms with van der Waals surface area (Å²) in [7, 11) is 1.85. The van der Waals surface area contributed by atoms with Gasteiger partial charge in [0.05, 0.1) is 11.6 Å². The molecule has 1 aromatic rings. The summed E-state index contributed by atoms with van der Waals surface area (Å²) in [6.07, 6.45) is 3.60. The molecular weight excluding hydrogens is 210 g/mol. The molecule has 0 aromatic heterocycles. The lowest BCUT2D eigenvalue weighted by molar-refractivity contribution is -0.0995. The largest absolute Gasteiger partial charge is 0.376 e. The van der Waals surface area contributed by atoms with Crippen LogP contribution >= 0.6 is 0 Å². The lowest BCUT2D eigenvalue weighted by Crippen LogP contribution is -2.50. The SMILES string of the molecule is CCNC(c1cccc(C)c1)C1(OC)CCC1. The number of benzene rings is 1. The van der Waals surface area contributed by atoms with E-state index in [4.69, 9.17) is 4.74 Å². The molecule has 0 radical (unpaired) electrons. The molecule has 1 fully saturated rings. The molecule has 0 amide bonds. The standard InChI is InChI=1S/C15H23NO/c1-4-16-14(15(17-3)9-6-10-15)13-8-5-7-12(2)11-13/h5,7-8,11,14,16H,4,6,9-10H2,1-3H3. The van der Waals surface area contributed by atoms with Gasteiger partial charge in [-0.1, -0.05) is 36.8 Å². The molecule has 0 aliphatic heterocycles. The van der Waals surface area contributed by atoms with Crippen LogP contribution in [0.1, 0.15) is 43.4 Å². The zero-order valence-electron chi connectivity index (χ0n) is 11.1. The fourth-order valence-electron chi connectivity index (χ4n) is 2.80. The predicted octanol–water partition coefficient (Wildman–Crippen LogP) is 3.21. The van der Waals surface area contributed by atoms with Gasteiger partial charge in [-0.15, -0.1) is 0 Å². The first-order valence-corrected chi connectivity index (χ1v) is 6.57. The van der Waals surface area contributed by atoms with Crippen LogP contribution in [0.5, 0.6) is 0 Å². The molecule has 1 N–H and O–H groups in total. The second kappa shape index (κ2) is 5.19. The van der Waals surface area contributed by atoms with Crippen LogP contribution in [0, 0.1) is 6.92 Å². The minimum absolute atomic E-state index is 0.0177. The van der Waals surface area contributed by atoms with Crippen molar-refractivity contribution < 1.29 is 4.74 Å². The van der Waals surface area contributed by atoms with E-state index in [-0.39, 0.29) is 5.60 Å². The fourth-order valence-corrected chi connectivity index (χ4v) is 2.80. The van der Waals surface area contributed by atoms with E-state index < -0.39 is 0 Å². The summed E-state index contributed by atoms with van der Waals surface area (Å²) in [4.78, 5) is 0. The molecule has 0 bridgehead atoms. The Hall–Kier alpha value is -0.860. The maximum Gasteiger partial charge on any atom is 0.0872 e. The van der Waals surface area contributed by atoms with Crippen LogP contribution in [0.25, 0.3) is 0 Å². The van der Waals surface area contributed by atoms with E-state index in [0.717, 1.165) is 19.4 Å². The van der Waals surface area contributed by atoms with E-state index in [1.807, 2.05) is 7.11 Å². The number of hydrogen-bond donors (Lipinski definition) is 1. The normalized spacial score (nSPS) is 19.7. The highest BCUT2D eigenvalue weighted by molar-refractivity contribution is 5.28. The average molecular weight is 233 g/mol. The fraction of sp³-hybridized carbons (Fsp3) is 0.600. The van der Waals surface area contributed by atoms with Gasteiger partial charge in [0.2, 0.25) is 0 Å². The van der Waals surface area contributed by atoms with Crippen LogP contribution in [0.4, 0.5) is 0 Å². The summed E-state index contributed by atoms with van der Waals surface area (Å²) < 4.78 is 5.82. The average Bonchev–Trinajstić information content (AvgIpc) is 2.27. The number of rotatable bonds is 5. The van der Waals surface area contributed by atoms with Crippen LogP contribution in [0.2, 0.25) is 0 Å². The molecule has 0 saturated heterocycles. The first kappa shape index (κ1) is 12.6. The van der Waals surface area contributed by atoms with Crippen LogP contribution in [-0.4, -0.2) is 19.3 Å². The third kappa shape index (κ3) is 2.38. The molecule has 1 saturated carbocycles. The van der Waals surface area contributed by atoms with Gasteiger partial charge in [-0.25, -0.2) is 0 Å². The highest BCUT2D eigenvalue weighted by Crippen LogP contribution is 2.44. The molecule has 0 spiro atoms. The molecule has 2 rings (SSSR count). The van der Waals surface area contributed by atoms with E-state index in [1.165, 1.54) is 17.5 Å². The molecule has 1 aliphatic carbocycles. The molecule has 1 unspecified atom stereocenters. The minimum atomic E-state index is 0.0177. The molecule has 1 atom stereocenters. The highest BCUT2D eigenvalue weighted by atomic mass is 16.5. The van der Waals surface area contributed by atoms with Crippen molar-refractivity contribution in [2.24, 2.45) is 0 Å². The summed E-state index contributed by atoms with van der Waals surface area (Å²) in [5.41, 5.74) is 2.69. The predicted molar refractivity (Wildman–Crippen MR) is 71.2 cm³/mol. The van der Waals surface area contributed by atoms with Gasteiger partial charge < -0.3 is 10.1 Å². The van der Waals surface area contributed by atoms with Gasteiger partial charge in [-0.2, -0.15) is 0 Å². The molecule has 17 heavy (non-hydrogen) atoms. The van der Waals surface area contributed by atoms with E-state index in [9.17, 15) is 0 Å². The number of ether oxygens (including phenoxy) is 1. The Bertz CT molecular complexity index is 365. The van der Waals surface area contributed by atoms with Crippen molar-refractivity contribution in [2.75, 3.05) is 13.7 Å². The monoisotopic (exact) mass is 233 g/mol. The second-order valence-corrected chi connectivity index (χ2v) is 5.03. The first-order chi connectivity index (χ1) is 8.22. The summed E-state index contributed by atoms with van der Waals surface area (Å²) in [6, 6.07) is 9.08. The van der Waals surface area contributed by atoms with E-state index in [0.29, 0.717) is 6.04 Å². The maximum absolute atomic E-state index is 5.82. The topological polar surface area (TPSA) is 21.3 Å². The molecule has 2 nitrogen and oxygen atoms in total. The summed E-state index contributed by atoms with van der Waals surface area (Å²) in [5.74, 6) is 0. The van der Waals surface area contributed by atoms with Crippen LogP contribution in [0.15, 0.2) is 24.3 Å². The van der Waals surface area contributed by atoms with Gasteiger partial charge in [-0.05, 0) is 38.3 Å². The van der Waals surface area contributed by atoms with Crippen molar-refractivity contribution >= 4 is 0 Å². The second-order valence-electron chi connectivity index (χ2n) is 5.03. The molecule has 2 heteroatoms. The molecule has 1 aromatic carbocycles. The van der Waals surface area contributed by atoms with Crippen molar-refractivity contribution in [3.05, 3.63) is 35.4 Å². The number of aryl methyl sites for hydroxylation is 1. The molecule has 0 heterocycles. The van der Waals surface area contributed by atoms with Crippen molar-refractivity contribution in [1.29, 1.82) is 0 Å². The van der Waals surface area contributed by atoms with E-state index >= 15 is 0 Å². The first-order valence-electron chi connectivity index (χ1n) is 6.57. The summed E-state index contributed by atoms with van der Waals surface area (Å²) >= 11 is 0. The smallest absolute Gasteiger partial charge is 0.0872 e. The summed E-state index contributed by atoms with van der Waals surface area (Å²) in [5, 5.41) is 3.59. The van der Waals surface area contributed by atoms with Gasteiger partial charge in [0.25, 0.3) is 0 Å². The number of hydrogen-bond acceptors (Lipinski definition) is 2. The number of methoxy groups -OCH3 is 1. The molecule has 94 valence electrons. The van der Waals surface area contributed by atoms with Crippen LogP contribution in [0.3, 0.4) is 0 Å². The third-order valence-corrected chi connectivity index (χ3v) is 3.92. The molecular formula is C15H23NO. The number of likely N-dealkylation sites (N-methyl/N-ethyl adjacent to an activating group) is 1. The quantitative estimate of drug-likeness (QED) is 0.843. The number of nitrogens with one attached hydrogen (secondary N) is 1. The van der Waals surface area contributed by atoms with Gasteiger partial charge in [-0.3, -0.25) is 0 Å². The Kier molecular flexibility index (Phi) is 3.85. The highest BCUT2D eigenvalue weighted by Gasteiger charge is 2.44. The Morgan fingerprint density at radius 2 is 2.18 bits per heavy atom. The van der Waals surface area contributed by atoms with Crippen molar-refractivity contribution in [3.63, 3.8) is 0 Å². The Balaban J connectivity index is 2.28. The van der Waals surface area contributed by atoms with Crippen molar-refractivity contribution in [3.8, 4) is 0 Å². The van der Waals surface area contributed by atoms with Gasteiger partial charge in [0.15, 0.2) is 0 Å². The Labute approximate surface area is 104 Å². The summed E-state index contributed by atoms with van der Waals surface area (Å²) in [6.45, 7) is 5.28. The van der Waals surface area contributed by atoms with Gasteiger partial charge >= 0.3 is 0 Å². The van der Waals surface area contributed by atoms with Gasteiger partial charge in [0, 0.05) is 7.11 Å². The zero-order chi connectivity index (χ0) is 12.3. The zero-order valence-corrected chi connectivity index (χ0v) is 11.1. The Morgan fingerprint density at radius 3 is 2.65 bits per heavy atom. The third-order valence-electron chi connectivity index (χ3n) is 3.92. The van der Waals surface area contributed by atoms with Crippen molar-refractivity contribution in [2.45, 2.75) is 44.8 Å². The van der Waals surface area contributed by atoms with Crippen molar-refractivity contribution in [1.82, 2.24) is 5.32 Å². The van der Waals surface area contributed by atoms with Crippen LogP contribution in [-0.2, 0) is 4.74 Å². The maximum atomic E-state index is 5.82. The lowest BCUT2D eigenvalue weighted by Gasteiger charge is -2.47. The van der Waals surface area contributed by atoms with Gasteiger partial charge in [0.1, 0.15) is 0 Å². The minimum Gasteiger partial charge on any atom is -0.376 e.